The first-order valence-corrected chi connectivity index (χ1v) is 9.85. The van der Waals surface area contributed by atoms with E-state index in [4.69, 9.17) is 17.0 Å². The highest BCUT2D eigenvalue weighted by Gasteiger charge is 2.06. The summed E-state index contributed by atoms with van der Waals surface area (Å²) in [6.07, 6.45) is 3.08. The van der Waals surface area contributed by atoms with Crippen LogP contribution in [0.15, 0.2) is 84.9 Å². The van der Waals surface area contributed by atoms with Gasteiger partial charge in [-0.1, -0.05) is 30.3 Å². The van der Waals surface area contributed by atoms with Gasteiger partial charge in [0.2, 0.25) is 5.91 Å². The number of hydrogen-bond donors (Lipinski definition) is 3. The molecule has 2 amide bonds. The van der Waals surface area contributed by atoms with E-state index < -0.39 is 0 Å². The molecule has 3 aromatic rings. The van der Waals surface area contributed by atoms with Gasteiger partial charge >= 0.3 is 0 Å². The lowest BCUT2D eigenvalue weighted by Crippen LogP contribution is -2.32. The van der Waals surface area contributed by atoms with E-state index in [2.05, 4.69) is 16.0 Å². The van der Waals surface area contributed by atoms with Gasteiger partial charge in [-0.15, -0.1) is 0 Å². The molecule has 0 heterocycles. The zero-order valence-electron chi connectivity index (χ0n) is 16.8. The first-order valence-electron chi connectivity index (χ1n) is 9.44. The molecule has 0 saturated carbocycles. The minimum absolute atomic E-state index is 0.172. The smallest absolute Gasteiger partial charge is 0.255 e. The van der Waals surface area contributed by atoms with E-state index in [0.29, 0.717) is 16.9 Å². The third-order valence-electron chi connectivity index (χ3n) is 4.22. The van der Waals surface area contributed by atoms with Crippen molar-refractivity contribution in [2.45, 2.75) is 0 Å². The van der Waals surface area contributed by atoms with Crippen molar-refractivity contribution >= 4 is 46.6 Å². The van der Waals surface area contributed by atoms with E-state index in [1.807, 2.05) is 42.5 Å². The third kappa shape index (κ3) is 6.80. The van der Waals surface area contributed by atoms with Gasteiger partial charge in [0.1, 0.15) is 5.75 Å². The maximum Gasteiger partial charge on any atom is 0.255 e. The fourth-order valence-corrected chi connectivity index (χ4v) is 2.85. The summed E-state index contributed by atoms with van der Waals surface area (Å²) >= 11 is 5.18. The van der Waals surface area contributed by atoms with Gasteiger partial charge in [0.05, 0.1) is 7.11 Å². The predicted octanol–water partition coefficient (Wildman–Crippen LogP) is 4.47. The lowest BCUT2D eigenvalue weighted by molar-refractivity contribution is -0.115. The molecule has 0 spiro atoms. The average Bonchev–Trinajstić information content (AvgIpc) is 2.80. The number of thiocarbonyl (C=S) groups is 1. The maximum atomic E-state index is 12.2. The molecule has 0 saturated heterocycles. The van der Waals surface area contributed by atoms with Gasteiger partial charge in [-0.2, -0.15) is 0 Å². The molecule has 6 nitrogen and oxygen atoms in total. The van der Waals surface area contributed by atoms with Crippen molar-refractivity contribution in [3.8, 4) is 5.75 Å². The summed E-state index contributed by atoms with van der Waals surface area (Å²) < 4.78 is 5.10. The Bertz CT molecular complexity index is 1080. The third-order valence-corrected chi connectivity index (χ3v) is 4.42. The first kappa shape index (κ1) is 21.7. The van der Waals surface area contributed by atoms with E-state index in [-0.39, 0.29) is 16.9 Å². The molecular weight excluding hydrogens is 410 g/mol. The Balaban J connectivity index is 1.49. The number of ether oxygens (including phenoxy) is 1. The summed E-state index contributed by atoms with van der Waals surface area (Å²) in [4.78, 5) is 24.2. The Morgan fingerprint density at radius 3 is 2.06 bits per heavy atom. The molecule has 0 aliphatic rings. The topological polar surface area (TPSA) is 79.5 Å². The van der Waals surface area contributed by atoms with Gasteiger partial charge in [-0.25, -0.2) is 0 Å². The largest absolute Gasteiger partial charge is 0.497 e. The standard InChI is InChI=1S/C24H21N3O3S/c1-30-21-14-7-17(8-15-21)9-16-22(28)27-24(31)26-20-12-10-19(11-13-20)25-23(29)18-5-3-2-4-6-18/h2-16H,1H3,(H,25,29)(H2,26,27,28,31)/b16-9+. The Kier molecular flexibility index (Phi) is 7.50. The number of nitrogens with one attached hydrogen (secondary N) is 3. The Morgan fingerprint density at radius 2 is 1.45 bits per heavy atom. The highest BCUT2D eigenvalue weighted by Crippen LogP contribution is 2.15. The molecule has 31 heavy (non-hydrogen) atoms. The van der Waals surface area contributed by atoms with Crippen molar-refractivity contribution in [1.29, 1.82) is 0 Å². The zero-order chi connectivity index (χ0) is 22.1. The normalized spacial score (nSPS) is 10.4. The second kappa shape index (κ2) is 10.7. The molecule has 0 unspecified atom stereocenters. The minimum atomic E-state index is -0.347. The van der Waals surface area contributed by atoms with Crippen molar-refractivity contribution in [2.75, 3.05) is 17.7 Å². The van der Waals surface area contributed by atoms with Gasteiger partial charge in [0.25, 0.3) is 5.91 Å². The number of methoxy groups -OCH3 is 1. The summed E-state index contributed by atoms with van der Waals surface area (Å²) in [5, 5.41) is 8.52. The molecule has 0 aliphatic carbocycles. The maximum absolute atomic E-state index is 12.2. The molecule has 3 rings (SSSR count). The number of carbonyl (C=O) groups is 2. The number of amides is 2. The average molecular weight is 432 g/mol. The molecule has 0 radical (unpaired) electrons. The lowest BCUT2D eigenvalue weighted by atomic mass is 10.2. The van der Waals surface area contributed by atoms with E-state index in [9.17, 15) is 9.59 Å². The van der Waals surface area contributed by atoms with Crippen molar-refractivity contribution in [3.63, 3.8) is 0 Å². The van der Waals surface area contributed by atoms with Crippen LogP contribution in [0.1, 0.15) is 15.9 Å². The van der Waals surface area contributed by atoms with E-state index in [1.165, 1.54) is 6.08 Å². The second-order valence-corrected chi connectivity index (χ2v) is 6.86. The molecule has 0 fully saturated rings. The molecule has 7 heteroatoms. The van der Waals surface area contributed by atoms with Crippen molar-refractivity contribution in [3.05, 3.63) is 96.1 Å². The Morgan fingerprint density at radius 1 is 0.839 bits per heavy atom. The number of anilines is 2. The second-order valence-electron chi connectivity index (χ2n) is 6.45. The van der Waals surface area contributed by atoms with Gasteiger partial charge in [-0.05, 0) is 72.4 Å². The summed E-state index contributed by atoms with van der Waals surface area (Å²) in [5.41, 5.74) is 2.78. The van der Waals surface area contributed by atoms with Crippen molar-refractivity contribution in [2.24, 2.45) is 0 Å². The fourth-order valence-electron chi connectivity index (χ4n) is 2.63. The Hall–Kier alpha value is -3.97. The van der Waals surface area contributed by atoms with Gasteiger partial charge in [-0.3, -0.25) is 14.9 Å². The van der Waals surface area contributed by atoms with Crippen LogP contribution in [0.25, 0.3) is 6.08 Å². The number of hydrogen-bond acceptors (Lipinski definition) is 4. The first-order chi connectivity index (χ1) is 15.0. The predicted molar refractivity (Wildman–Crippen MR) is 127 cm³/mol. The van der Waals surface area contributed by atoms with Gasteiger partial charge in [0.15, 0.2) is 5.11 Å². The van der Waals surface area contributed by atoms with Crippen LogP contribution in [-0.4, -0.2) is 24.0 Å². The van der Waals surface area contributed by atoms with Crippen LogP contribution in [-0.2, 0) is 4.79 Å². The lowest BCUT2D eigenvalue weighted by Gasteiger charge is -2.10. The van der Waals surface area contributed by atoms with Crippen LogP contribution in [0.4, 0.5) is 11.4 Å². The van der Waals surface area contributed by atoms with Crippen molar-refractivity contribution in [1.82, 2.24) is 5.32 Å². The number of carbonyl (C=O) groups excluding carboxylic acids is 2. The molecule has 0 atom stereocenters. The summed E-state index contributed by atoms with van der Waals surface area (Å²) in [6, 6.07) is 23.3. The van der Waals surface area contributed by atoms with Crippen LogP contribution in [0.3, 0.4) is 0 Å². The minimum Gasteiger partial charge on any atom is -0.497 e. The summed E-state index contributed by atoms with van der Waals surface area (Å²) in [5.74, 6) is 0.213. The van der Waals surface area contributed by atoms with Crippen LogP contribution in [0, 0.1) is 0 Å². The van der Waals surface area contributed by atoms with Gasteiger partial charge in [0, 0.05) is 23.0 Å². The van der Waals surface area contributed by atoms with E-state index >= 15 is 0 Å². The fraction of sp³-hybridized carbons (Fsp3) is 0.0417. The Labute approximate surface area is 185 Å². The van der Waals surface area contributed by atoms with Crippen LogP contribution in [0.5, 0.6) is 5.75 Å². The molecule has 0 aromatic heterocycles. The quantitative estimate of drug-likeness (QED) is 0.396. The zero-order valence-corrected chi connectivity index (χ0v) is 17.6. The summed E-state index contributed by atoms with van der Waals surface area (Å²) in [7, 11) is 1.60. The molecule has 0 aliphatic heterocycles. The molecule has 3 aromatic carbocycles. The molecule has 156 valence electrons. The van der Waals surface area contributed by atoms with Crippen LogP contribution in [0.2, 0.25) is 0 Å². The molecule has 0 bridgehead atoms. The van der Waals surface area contributed by atoms with E-state index in [0.717, 1.165) is 11.3 Å². The summed E-state index contributed by atoms with van der Waals surface area (Å²) in [6.45, 7) is 0. The van der Waals surface area contributed by atoms with Crippen LogP contribution >= 0.6 is 12.2 Å². The van der Waals surface area contributed by atoms with Crippen molar-refractivity contribution < 1.29 is 14.3 Å². The number of benzene rings is 3. The molecular formula is C24H21N3O3S. The monoisotopic (exact) mass is 431 g/mol. The van der Waals surface area contributed by atoms with Crippen LogP contribution < -0.4 is 20.7 Å². The highest BCUT2D eigenvalue weighted by molar-refractivity contribution is 7.80. The van der Waals surface area contributed by atoms with Gasteiger partial charge < -0.3 is 15.4 Å². The van der Waals surface area contributed by atoms with E-state index in [1.54, 1.807) is 49.6 Å². The SMILES string of the molecule is COc1ccc(/C=C/C(=O)NC(=S)Nc2ccc(NC(=O)c3ccccc3)cc2)cc1. The number of rotatable bonds is 6. The highest BCUT2D eigenvalue weighted by atomic mass is 32.1. The molecule has 3 N–H and O–H groups in total.